The van der Waals surface area contributed by atoms with Crippen LogP contribution in [0.4, 0.5) is 0 Å². The lowest BCUT2D eigenvalue weighted by atomic mass is 10.2. The van der Waals surface area contributed by atoms with Gasteiger partial charge in [-0.05, 0) is 13.8 Å². The van der Waals surface area contributed by atoms with E-state index in [0.717, 1.165) is 25.4 Å². The van der Waals surface area contributed by atoms with Gasteiger partial charge < -0.3 is 0 Å². The highest BCUT2D eigenvalue weighted by molar-refractivity contribution is 7.86. The maximum atomic E-state index is 11.6. The average Bonchev–Trinajstić information content (AvgIpc) is 2.07. The molecule has 1 unspecified atom stereocenters. The zero-order valence-corrected chi connectivity index (χ0v) is 9.06. The summed E-state index contributed by atoms with van der Waals surface area (Å²) in [6.07, 6.45) is 0.572. The maximum absolute atomic E-state index is 11.6. The van der Waals surface area contributed by atoms with Crippen molar-refractivity contribution in [3.8, 4) is 6.07 Å². The van der Waals surface area contributed by atoms with Crippen LogP contribution in [0.2, 0.25) is 0 Å². The van der Waals surface area contributed by atoms with Crippen LogP contribution >= 0.6 is 0 Å². The van der Waals surface area contributed by atoms with Gasteiger partial charge in [0.25, 0.3) is 0 Å². The summed E-state index contributed by atoms with van der Waals surface area (Å²) in [4.78, 5) is 2.23. The molecular weight excluding hydrogens is 184 g/mol. The van der Waals surface area contributed by atoms with E-state index in [1.807, 2.05) is 13.8 Å². The minimum Gasteiger partial charge on any atom is -0.300 e. The van der Waals surface area contributed by atoms with Crippen molar-refractivity contribution in [3.05, 3.63) is 0 Å². The number of hydrogen-bond donors (Lipinski definition) is 0. The molecule has 1 atom stereocenters. The largest absolute Gasteiger partial charge is 0.300 e. The Morgan fingerprint density at radius 3 is 2.85 bits per heavy atom. The third-order valence-corrected chi connectivity index (χ3v) is 4.27. The molecular formula is C9H16N2OS. The molecule has 0 N–H and O–H groups in total. The first kappa shape index (κ1) is 10.7. The van der Waals surface area contributed by atoms with Gasteiger partial charge in [0, 0.05) is 42.6 Å². The molecule has 0 aliphatic carbocycles. The Kier molecular flexibility index (Phi) is 3.46. The van der Waals surface area contributed by atoms with Crippen molar-refractivity contribution in [2.24, 2.45) is 0 Å². The monoisotopic (exact) mass is 200 g/mol. The molecule has 4 heteroatoms. The van der Waals surface area contributed by atoms with Crippen molar-refractivity contribution >= 4 is 10.8 Å². The third-order valence-electron chi connectivity index (χ3n) is 2.35. The number of rotatable bonds is 2. The fraction of sp³-hybridized carbons (Fsp3) is 0.889. The van der Waals surface area contributed by atoms with Gasteiger partial charge in [-0.25, -0.2) is 0 Å². The van der Waals surface area contributed by atoms with Crippen LogP contribution in [0, 0.1) is 11.3 Å². The Morgan fingerprint density at radius 2 is 2.31 bits per heavy atom. The lowest BCUT2D eigenvalue weighted by Gasteiger charge is -2.36. The summed E-state index contributed by atoms with van der Waals surface area (Å²) in [5, 5.41) is 8.44. The quantitative estimate of drug-likeness (QED) is 0.660. The lowest BCUT2D eigenvalue weighted by molar-refractivity contribution is 0.261. The summed E-state index contributed by atoms with van der Waals surface area (Å²) >= 11 is 0. The van der Waals surface area contributed by atoms with Crippen LogP contribution in [0.5, 0.6) is 0 Å². The van der Waals surface area contributed by atoms with Crippen LogP contribution in [0.3, 0.4) is 0 Å². The van der Waals surface area contributed by atoms with Crippen molar-refractivity contribution in [1.29, 1.82) is 5.26 Å². The molecule has 0 amide bonds. The summed E-state index contributed by atoms with van der Waals surface area (Å²) in [5.41, 5.74) is 0. The molecule has 3 nitrogen and oxygen atoms in total. The van der Waals surface area contributed by atoms with Gasteiger partial charge in [0.1, 0.15) is 0 Å². The minimum absolute atomic E-state index is 0.103. The van der Waals surface area contributed by atoms with E-state index < -0.39 is 10.8 Å². The molecule has 0 radical (unpaired) electrons. The Balaban J connectivity index is 2.47. The van der Waals surface area contributed by atoms with Crippen molar-refractivity contribution in [1.82, 2.24) is 4.90 Å². The first-order valence-electron chi connectivity index (χ1n) is 4.54. The van der Waals surface area contributed by atoms with Crippen LogP contribution in [0.1, 0.15) is 20.3 Å². The van der Waals surface area contributed by atoms with Crippen LogP contribution < -0.4 is 0 Å². The zero-order valence-electron chi connectivity index (χ0n) is 8.25. The van der Waals surface area contributed by atoms with E-state index in [9.17, 15) is 4.21 Å². The molecule has 13 heavy (non-hydrogen) atoms. The molecule has 1 aliphatic rings. The fourth-order valence-corrected chi connectivity index (χ4v) is 2.88. The van der Waals surface area contributed by atoms with Gasteiger partial charge in [-0.1, -0.05) is 0 Å². The number of nitriles is 1. The third kappa shape index (κ3) is 2.78. The van der Waals surface area contributed by atoms with Crippen LogP contribution in [-0.2, 0) is 10.8 Å². The van der Waals surface area contributed by atoms with Crippen molar-refractivity contribution in [3.63, 3.8) is 0 Å². The van der Waals surface area contributed by atoms with E-state index in [4.69, 9.17) is 5.26 Å². The van der Waals surface area contributed by atoms with Gasteiger partial charge in [-0.3, -0.25) is 9.11 Å². The predicted octanol–water partition coefficient (Wildman–Crippen LogP) is 0.743. The number of nitrogens with zero attached hydrogens (tertiary/aromatic N) is 2. The molecule has 0 saturated carbocycles. The molecule has 0 aromatic rings. The molecule has 74 valence electrons. The first-order valence-corrected chi connectivity index (χ1v) is 5.86. The standard InChI is InChI=1S/C9H16N2OS/c1-9(2)8-11(5-3-4-10)6-7-13(9)12/h3,5-8H2,1-2H3. The molecule has 0 spiro atoms. The van der Waals surface area contributed by atoms with E-state index in [1.165, 1.54) is 0 Å². The summed E-state index contributed by atoms with van der Waals surface area (Å²) < 4.78 is 11.5. The second kappa shape index (κ2) is 4.21. The Hall–Kier alpha value is -0.400. The van der Waals surface area contributed by atoms with Gasteiger partial charge in [0.2, 0.25) is 0 Å². The van der Waals surface area contributed by atoms with Gasteiger partial charge in [0.05, 0.1) is 10.8 Å². The Bertz CT molecular complexity index is 244. The predicted molar refractivity (Wildman–Crippen MR) is 53.8 cm³/mol. The van der Waals surface area contributed by atoms with Crippen LogP contribution in [0.25, 0.3) is 0 Å². The summed E-state index contributed by atoms with van der Waals surface area (Å²) in [6, 6.07) is 2.14. The SMILES string of the molecule is CC1(C)CN(CCC#N)CCS1=O. The Labute approximate surface area is 82.2 Å². The minimum atomic E-state index is -0.701. The summed E-state index contributed by atoms with van der Waals surface area (Å²) in [5.74, 6) is 0.748. The maximum Gasteiger partial charge on any atom is 0.0635 e. The van der Waals surface area contributed by atoms with Crippen molar-refractivity contribution in [2.75, 3.05) is 25.4 Å². The fourth-order valence-electron chi connectivity index (χ4n) is 1.58. The molecule has 1 saturated heterocycles. The summed E-state index contributed by atoms with van der Waals surface area (Å²) in [7, 11) is -0.701. The molecule has 1 fully saturated rings. The van der Waals surface area contributed by atoms with Gasteiger partial charge in [-0.2, -0.15) is 5.26 Å². The normalized spacial score (nSPS) is 28.2. The van der Waals surface area contributed by atoms with E-state index >= 15 is 0 Å². The highest BCUT2D eigenvalue weighted by atomic mass is 32.2. The number of hydrogen-bond acceptors (Lipinski definition) is 3. The van der Waals surface area contributed by atoms with Gasteiger partial charge in [0.15, 0.2) is 0 Å². The zero-order chi connectivity index (χ0) is 9.90. The topological polar surface area (TPSA) is 44.1 Å². The summed E-state index contributed by atoms with van der Waals surface area (Å²) in [6.45, 7) is 6.60. The molecule has 1 rings (SSSR count). The smallest absolute Gasteiger partial charge is 0.0635 e. The molecule has 0 bridgehead atoms. The second-order valence-corrected chi connectivity index (χ2v) is 6.20. The molecule has 0 aromatic carbocycles. The van der Waals surface area contributed by atoms with E-state index in [0.29, 0.717) is 6.42 Å². The first-order chi connectivity index (χ1) is 6.06. The van der Waals surface area contributed by atoms with Gasteiger partial charge >= 0.3 is 0 Å². The van der Waals surface area contributed by atoms with Crippen molar-refractivity contribution in [2.45, 2.75) is 25.0 Å². The highest BCUT2D eigenvalue weighted by Crippen LogP contribution is 2.19. The molecule has 0 aromatic heterocycles. The molecule has 1 heterocycles. The average molecular weight is 200 g/mol. The van der Waals surface area contributed by atoms with Gasteiger partial charge in [-0.15, -0.1) is 0 Å². The van der Waals surface area contributed by atoms with Crippen LogP contribution in [-0.4, -0.2) is 39.2 Å². The Morgan fingerprint density at radius 1 is 1.62 bits per heavy atom. The second-order valence-electron chi connectivity index (χ2n) is 3.99. The van der Waals surface area contributed by atoms with E-state index in [-0.39, 0.29) is 4.75 Å². The molecule has 1 aliphatic heterocycles. The van der Waals surface area contributed by atoms with Crippen LogP contribution in [0.15, 0.2) is 0 Å². The highest BCUT2D eigenvalue weighted by Gasteiger charge is 2.32. The van der Waals surface area contributed by atoms with E-state index in [2.05, 4.69) is 11.0 Å². The lowest BCUT2D eigenvalue weighted by Crippen LogP contribution is -2.50. The van der Waals surface area contributed by atoms with E-state index in [1.54, 1.807) is 0 Å². The van der Waals surface area contributed by atoms with Crippen molar-refractivity contribution < 1.29 is 4.21 Å².